The second kappa shape index (κ2) is 19.3. The number of benzene rings is 1. The Morgan fingerprint density at radius 1 is 1.12 bits per heavy atom. The van der Waals surface area contributed by atoms with Crippen molar-refractivity contribution >= 4 is 78.2 Å². The van der Waals surface area contributed by atoms with Gasteiger partial charge in [0.15, 0.2) is 5.12 Å². The van der Waals surface area contributed by atoms with Crippen LogP contribution in [0.5, 0.6) is 5.75 Å². The summed E-state index contributed by atoms with van der Waals surface area (Å²) in [6, 6.07) is 4.61. The van der Waals surface area contributed by atoms with Gasteiger partial charge in [-0.05, 0) is 71.1 Å². The van der Waals surface area contributed by atoms with Crippen molar-refractivity contribution < 1.29 is 33.4 Å². The zero-order chi connectivity index (χ0) is 32.7. The van der Waals surface area contributed by atoms with Crippen molar-refractivity contribution in [2.75, 3.05) is 24.4 Å². The van der Waals surface area contributed by atoms with Gasteiger partial charge >= 0.3 is 5.97 Å². The normalized spacial score (nSPS) is 13.7. The quantitative estimate of drug-likeness (QED) is 0.0778. The number of amides is 1. The monoisotopic (exact) mass is 669 g/mol. The van der Waals surface area contributed by atoms with Crippen molar-refractivity contribution in [3.8, 4) is 5.75 Å². The highest BCUT2D eigenvalue weighted by atomic mass is 32.2. The van der Waals surface area contributed by atoms with Crippen molar-refractivity contribution in [1.82, 2.24) is 5.32 Å². The Labute approximate surface area is 271 Å². The summed E-state index contributed by atoms with van der Waals surface area (Å²) in [6.07, 6.45) is 2.44. The molecule has 1 rings (SSSR count). The van der Waals surface area contributed by atoms with Gasteiger partial charge in [0.25, 0.3) is 0 Å². The van der Waals surface area contributed by atoms with Gasteiger partial charge < -0.3 is 19.6 Å². The largest absolute Gasteiger partial charge is 0.469 e. The molecule has 238 valence electrons. The number of aryl methyl sites for hydroxylation is 1. The Balaban J connectivity index is 3.09. The minimum absolute atomic E-state index is 0.0301. The minimum atomic E-state index is -0.867. The highest BCUT2D eigenvalue weighted by Crippen LogP contribution is 2.34. The number of esters is 1. The van der Waals surface area contributed by atoms with Crippen LogP contribution >= 0.6 is 45.0 Å². The van der Waals surface area contributed by atoms with Crippen LogP contribution in [0, 0.1) is 18.3 Å². The molecule has 0 aliphatic carbocycles. The molecule has 1 amide bonds. The number of rotatable bonds is 19. The Hall–Kier alpha value is -2.07. The molecule has 1 aromatic rings. The maximum Gasteiger partial charge on any atom is 0.312 e. The first-order valence-corrected chi connectivity index (χ1v) is 17.0. The number of thioether (sulfide) groups is 2. The molecule has 0 saturated heterocycles. The Kier molecular flexibility index (Phi) is 17.5. The number of nitrogens with one attached hydrogen (secondary N) is 1. The van der Waals surface area contributed by atoms with Gasteiger partial charge in [0.1, 0.15) is 17.3 Å². The molecular weight excluding hydrogens is 626 g/mol. The van der Waals surface area contributed by atoms with Crippen molar-refractivity contribution in [2.45, 2.75) is 72.8 Å². The van der Waals surface area contributed by atoms with Gasteiger partial charge in [0, 0.05) is 36.5 Å². The van der Waals surface area contributed by atoms with Gasteiger partial charge in [-0.1, -0.05) is 41.5 Å². The van der Waals surface area contributed by atoms with E-state index in [4.69, 9.17) is 9.47 Å². The molecule has 0 aliphatic rings. The molecule has 43 heavy (non-hydrogen) atoms. The first-order valence-electron chi connectivity index (χ1n) is 13.9. The van der Waals surface area contributed by atoms with E-state index in [-0.39, 0.29) is 50.9 Å². The molecule has 0 fully saturated rings. The summed E-state index contributed by atoms with van der Waals surface area (Å²) in [4.78, 5) is 62.5. The maximum absolute atomic E-state index is 13.4. The van der Waals surface area contributed by atoms with Gasteiger partial charge in [-0.2, -0.15) is 12.6 Å². The van der Waals surface area contributed by atoms with Crippen molar-refractivity contribution in [1.29, 1.82) is 0 Å². The molecule has 0 heterocycles. The van der Waals surface area contributed by atoms with Crippen LogP contribution in [0.2, 0.25) is 0 Å². The first-order chi connectivity index (χ1) is 20.1. The summed E-state index contributed by atoms with van der Waals surface area (Å²) in [7, 11) is 4.82. The second-order valence-electron chi connectivity index (χ2n) is 10.8. The van der Waals surface area contributed by atoms with E-state index in [1.54, 1.807) is 25.1 Å². The predicted octanol–water partition coefficient (Wildman–Crippen LogP) is 6.13. The van der Waals surface area contributed by atoms with Crippen LogP contribution in [0.1, 0.15) is 75.7 Å². The van der Waals surface area contributed by atoms with Gasteiger partial charge in [0.05, 0.1) is 24.1 Å². The zero-order valence-corrected chi connectivity index (χ0v) is 29.4. The van der Waals surface area contributed by atoms with E-state index in [9.17, 15) is 24.0 Å². The van der Waals surface area contributed by atoms with Gasteiger partial charge in [-0.3, -0.25) is 19.2 Å². The molecular formula is C31H44NO7PS3. The second-order valence-corrected chi connectivity index (χ2v) is 14.0. The summed E-state index contributed by atoms with van der Waals surface area (Å²) in [5.74, 6) is 0.0963. The Morgan fingerprint density at radius 3 is 2.35 bits per heavy atom. The summed E-state index contributed by atoms with van der Waals surface area (Å²) in [5, 5.41) is 3.27. The van der Waals surface area contributed by atoms with Gasteiger partial charge in [0.2, 0.25) is 11.0 Å². The molecule has 0 spiro atoms. The van der Waals surface area contributed by atoms with Crippen LogP contribution in [0.4, 0.5) is 0 Å². The molecule has 0 bridgehead atoms. The Morgan fingerprint density at radius 2 is 1.79 bits per heavy atom. The maximum atomic E-state index is 13.4. The number of methoxy groups -OCH3 is 1. The zero-order valence-electron chi connectivity index (χ0n) is 25.9. The lowest BCUT2D eigenvalue weighted by Crippen LogP contribution is -2.37. The van der Waals surface area contributed by atoms with Crippen LogP contribution in [-0.2, 0) is 23.9 Å². The van der Waals surface area contributed by atoms with E-state index in [1.807, 2.05) is 13.8 Å². The van der Waals surface area contributed by atoms with Gasteiger partial charge in [-0.15, -0.1) is 8.86 Å². The van der Waals surface area contributed by atoms with Crippen molar-refractivity contribution in [2.24, 2.45) is 11.3 Å². The molecule has 12 heteroatoms. The molecule has 1 aromatic carbocycles. The molecule has 0 aromatic heterocycles. The van der Waals surface area contributed by atoms with Crippen molar-refractivity contribution in [3.63, 3.8) is 0 Å². The number of ketones is 1. The summed E-state index contributed by atoms with van der Waals surface area (Å²) >= 11 is 6.33. The van der Waals surface area contributed by atoms with E-state index >= 15 is 0 Å². The number of hydrogen-bond acceptors (Lipinski definition) is 10. The molecule has 0 saturated carbocycles. The summed E-state index contributed by atoms with van der Waals surface area (Å²) < 4.78 is 11.0. The number of ether oxygens (including phenoxy) is 2. The fraction of sp³-hybridized carbons (Fsp3) is 0.548. The lowest BCUT2D eigenvalue weighted by atomic mass is 9.87. The van der Waals surface area contributed by atoms with E-state index in [0.717, 1.165) is 34.4 Å². The average molecular weight is 670 g/mol. The molecule has 8 nitrogen and oxygen atoms in total. The fourth-order valence-corrected chi connectivity index (χ4v) is 6.66. The third kappa shape index (κ3) is 14.1. The number of thiol groups is 1. The average Bonchev–Trinajstić information content (AvgIpc) is 2.94. The standard InChI is InChI=1S/C31H44NO7PS3/c1-19-11-12-25(27(15-19)39-22(4)26(16-41)32-23(5)34)29(36)42-17-24(10-8-9-20(2)33)28(35)43-18-31(6,30(37)38-7)14-13-21(3)40/h11-12,15,24,26,40-41H,4,8-10,13-14,16-18H2,1-3,5-7H3,(H,32,34). The first kappa shape index (κ1) is 39.0. The van der Waals surface area contributed by atoms with E-state index in [1.165, 1.54) is 21.0 Å². The lowest BCUT2D eigenvalue weighted by Gasteiger charge is -2.26. The number of Topliss-reactive ketones (excluding diaryl/α,β-unsaturated/α-hetero) is 1. The highest BCUT2D eigenvalue weighted by Gasteiger charge is 2.36. The van der Waals surface area contributed by atoms with E-state index in [2.05, 4.69) is 33.4 Å². The van der Waals surface area contributed by atoms with E-state index < -0.39 is 17.4 Å². The van der Waals surface area contributed by atoms with Gasteiger partial charge in [-0.25, -0.2) is 0 Å². The summed E-state index contributed by atoms with van der Waals surface area (Å²) in [6.45, 7) is 12.4. The Bertz CT molecular complexity index is 1210. The lowest BCUT2D eigenvalue weighted by molar-refractivity contribution is -0.150. The van der Waals surface area contributed by atoms with Crippen LogP contribution in [0.15, 0.2) is 30.5 Å². The predicted molar refractivity (Wildman–Crippen MR) is 183 cm³/mol. The van der Waals surface area contributed by atoms with Crippen molar-refractivity contribution in [3.05, 3.63) is 41.7 Å². The van der Waals surface area contributed by atoms with E-state index in [0.29, 0.717) is 43.4 Å². The molecule has 1 N–H and O–H groups in total. The topological polar surface area (TPSA) is 116 Å². The van der Waals surface area contributed by atoms with Crippen LogP contribution < -0.4 is 10.1 Å². The van der Waals surface area contributed by atoms with Crippen LogP contribution in [0.25, 0.3) is 0 Å². The third-order valence-electron chi connectivity index (χ3n) is 6.64. The summed E-state index contributed by atoms with van der Waals surface area (Å²) in [5.41, 5.74) is 0.301. The number of hydrogen-bond donors (Lipinski definition) is 2. The molecule has 0 aliphatic heterocycles. The molecule has 0 radical (unpaired) electrons. The number of carbonyl (C=O) groups excluding carboxylic acids is 5. The van der Waals surface area contributed by atoms with Crippen LogP contribution in [0.3, 0.4) is 0 Å². The SMILES string of the molecule is C=C(Oc1cc(C)ccc1C(=O)SCC(CCCC(C)=O)C(=O)SCC(C)(CCC(C)=P)C(=O)OC)C(CS)NC(C)=O. The number of carbonyl (C=O) groups is 5. The molecule has 3 atom stereocenters. The van der Waals surface area contributed by atoms with Crippen LogP contribution in [-0.4, -0.2) is 63.6 Å². The fourth-order valence-electron chi connectivity index (χ4n) is 3.98. The highest BCUT2D eigenvalue weighted by molar-refractivity contribution is 8.15. The third-order valence-corrected chi connectivity index (χ3v) is 9.71. The smallest absolute Gasteiger partial charge is 0.312 e. The minimum Gasteiger partial charge on any atom is -0.469 e. The molecule has 3 unspecified atom stereocenters.